The lowest BCUT2D eigenvalue weighted by Gasteiger charge is -2.39. The summed E-state index contributed by atoms with van der Waals surface area (Å²) in [6, 6.07) is 12.5. The fourth-order valence-corrected chi connectivity index (χ4v) is 4.02. The van der Waals surface area contributed by atoms with Gasteiger partial charge in [0.2, 0.25) is 0 Å². The molecule has 1 aromatic rings. The summed E-state index contributed by atoms with van der Waals surface area (Å²) >= 11 is 0. The largest absolute Gasteiger partial charge is 0.306 e. The molecule has 0 aromatic heterocycles. The number of hydrogen-bond donors (Lipinski definition) is 1. The van der Waals surface area contributed by atoms with E-state index in [9.17, 15) is 0 Å². The highest BCUT2D eigenvalue weighted by atomic mass is 15.2. The maximum atomic E-state index is 3.82. The van der Waals surface area contributed by atoms with Crippen LogP contribution < -0.4 is 5.32 Å². The van der Waals surface area contributed by atoms with Crippen molar-refractivity contribution in [2.24, 2.45) is 0 Å². The first-order chi connectivity index (χ1) is 9.69. The fourth-order valence-electron chi connectivity index (χ4n) is 4.02. The zero-order valence-corrected chi connectivity index (χ0v) is 12.9. The van der Waals surface area contributed by atoms with E-state index in [2.05, 4.69) is 54.4 Å². The molecule has 0 bridgehead atoms. The minimum Gasteiger partial charge on any atom is -0.306 e. The van der Waals surface area contributed by atoms with Crippen LogP contribution in [-0.4, -0.2) is 30.1 Å². The van der Waals surface area contributed by atoms with Gasteiger partial charge in [0, 0.05) is 18.6 Å². The van der Waals surface area contributed by atoms with Gasteiger partial charge >= 0.3 is 0 Å². The van der Waals surface area contributed by atoms with Gasteiger partial charge in [0.25, 0.3) is 0 Å². The Morgan fingerprint density at radius 2 is 1.80 bits per heavy atom. The molecule has 3 rings (SSSR count). The summed E-state index contributed by atoms with van der Waals surface area (Å²) in [7, 11) is 0. The second-order valence-electron chi connectivity index (χ2n) is 6.87. The number of nitrogens with zero attached hydrogens (tertiary/aromatic N) is 1. The van der Waals surface area contributed by atoms with E-state index in [0.717, 1.165) is 19.1 Å². The first kappa shape index (κ1) is 14.1. The number of benzene rings is 1. The van der Waals surface area contributed by atoms with Crippen molar-refractivity contribution in [3.05, 3.63) is 35.9 Å². The molecule has 1 N–H and O–H groups in total. The van der Waals surface area contributed by atoms with Crippen LogP contribution in [0.25, 0.3) is 0 Å². The average molecular weight is 272 g/mol. The molecule has 2 heteroatoms. The van der Waals surface area contributed by atoms with Crippen molar-refractivity contribution in [2.45, 2.75) is 63.6 Å². The van der Waals surface area contributed by atoms with Crippen LogP contribution in [0.2, 0.25) is 0 Å². The summed E-state index contributed by atoms with van der Waals surface area (Å²) in [5.41, 5.74) is 1.52. The third kappa shape index (κ3) is 2.77. The molecule has 2 atom stereocenters. The standard InChI is InChI=1S/C18H28N2/c1-15-12-13-19-18(2,16-8-4-3-5-9-16)14-20(15)17-10-6-7-11-17/h3-5,8-9,15,17,19H,6-7,10-14H2,1-2H3. The van der Waals surface area contributed by atoms with E-state index in [4.69, 9.17) is 0 Å². The van der Waals surface area contributed by atoms with E-state index in [1.165, 1.54) is 37.7 Å². The van der Waals surface area contributed by atoms with Gasteiger partial charge in [-0.3, -0.25) is 4.90 Å². The van der Waals surface area contributed by atoms with Gasteiger partial charge in [-0.05, 0) is 45.2 Å². The molecule has 2 fully saturated rings. The van der Waals surface area contributed by atoms with Crippen molar-refractivity contribution in [1.82, 2.24) is 10.2 Å². The Morgan fingerprint density at radius 3 is 2.50 bits per heavy atom. The molecule has 2 aliphatic rings. The first-order valence-electron chi connectivity index (χ1n) is 8.25. The molecule has 110 valence electrons. The highest BCUT2D eigenvalue weighted by Crippen LogP contribution is 2.32. The predicted octanol–water partition coefficient (Wildman–Crippen LogP) is 3.53. The zero-order chi connectivity index (χ0) is 14.0. The molecular weight excluding hydrogens is 244 g/mol. The van der Waals surface area contributed by atoms with E-state index in [0.29, 0.717) is 6.04 Å². The van der Waals surface area contributed by atoms with Crippen LogP contribution in [0.3, 0.4) is 0 Å². The van der Waals surface area contributed by atoms with Crippen molar-refractivity contribution >= 4 is 0 Å². The van der Waals surface area contributed by atoms with E-state index in [1.807, 2.05) is 0 Å². The van der Waals surface area contributed by atoms with Gasteiger partial charge in [0.05, 0.1) is 5.54 Å². The first-order valence-corrected chi connectivity index (χ1v) is 8.25. The Bertz CT molecular complexity index is 424. The minimum absolute atomic E-state index is 0.0919. The SMILES string of the molecule is CC1CCNC(C)(c2ccccc2)CN1C1CCCC1. The maximum absolute atomic E-state index is 3.82. The third-order valence-electron chi connectivity index (χ3n) is 5.35. The highest BCUT2D eigenvalue weighted by Gasteiger charge is 2.36. The van der Waals surface area contributed by atoms with Crippen LogP contribution in [0.5, 0.6) is 0 Å². The lowest BCUT2D eigenvalue weighted by molar-refractivity contribution is 0.120. The van der Waals surface area contributed by atoms with Crippen molar-refractivity contribution in [3.63, 3.8) is 0 Å². The van der Waals surface area contributed by atoms with Crippen LogP contribution in [-0.2, 0) is 5.54 Å². The second kappa shape index (κ2) is 5.87. The van der Waals surface area contributed by atoms with Gasteiger partial charge in [-0.15, -0.1) is 0 Å². The normalized spacial score (nSPS) is 33.2. The van der Waals surface area contributed by atoms with Gasteiger partial charge in [0.1, 0.15) is 0 Å². The summed E-state index contributed by atoms with van der Waals surface area (Å²) in [6.07, 6.45) is 6.90. The van der Waals surface area contributed by atoms with E-state index in [1.54, 1.807) is 0 Å². The molecule has 1 aliphatic heterocycles. The topological polar surface area (TPSA) is 15.3 Å². The van der Waals surface area contributed by atoms with Gasteiger partial charge in [-0.1, -0.05) is 43.2 Å². The molecule has 1 saturated heterocycles. The van der Waals surface area contributed by atoms with Gasteiger partial charge in [0.15, 0.2) is 0 Å². The molecule has 1 saturated carbocycles. The maximum Gasteiger partial charge on any atom is 0.0535 e. The van der Waals surface area contributed by atoms with Gasteiger partial charge in [-0.25, -0.2) is 0 Å². The molecule has 2 unspecified atom stereocenters. The van der Waals surface area contributed by atoms with Crippen molar-refractivity contribution in [2.75, 3.05) is 13.1 Å². The highest BCUT2D eigenvalue weighted by molar-refractivity contribution is 5.24. The summed E-state index contributed by atoms with van der Waals surface area (Å²) in [4.78, 5) is 2.79. The third-order valence-corrected chi connectivity index (χ3v) is 5.35. The Balaban J connectivity index is 1.84. The Labute approximate surface area is 123 Å². The van der Waals surface area contributed by atoms with Crippen molar-refractivity contribution in [1.29, 1.82) is 0 Å². The van der Waals surface area contributed by atoms with Crippen LogP contribution in [0.15, 0.2) is 30.3 Å². The number of nitrogens with one attached hydrogen (secondary N) is 1. The van der Waals surface area contributed by atoms with Crippen LogP contribution in [0.4, 0.5) is 0 Å². The van der Waals surface area contributed by atoms with E-state index in [-0.39, 0.29) is 5.54 Å². The molecule has 1 aromatic carbocycles. The number of hydrogen-bond acceptors (Lipinski definition) is 2. The van der Waals surface area contributed by atoms with Crippen LogP contribution >= 0.6 is 0 Å². The van der Waals surface area contributed by atoms with Crippen LogP contribution in [0, 0.1) is 0 Å². The molecule has 2 nitrogen and oxygen atoms in total. The van der Waals surface area contributed by atoms with Gasteiger partial charge in [-0.2, -0.15) is 0 Å². The van der Waals surface area contributed by atoms with Crippen LogP contribution in [0.1, 0.15) is 51.5 Å². The van der Waals surface area contributed by atoms with E-state index >= 15 is 0 Å². The molecule has 20 heavy (non-hydrogen) atoms. The Morgan fingerprint density at radius 1 is 1.10 bits per heavy atom. The smallest absolute Gasteiger partial charge is 0.0535 e. The Hall–Kier alpha value is -0.860. The van der Waals surface area contributed by atoms with E-state index < -0.39 is 0 Å². The Kier molecular flexibility index (Phi) is 4.13. The van der Waals surface area contributed by atoms with Gasteiger partial charge < -0.3 is 5.32 Å². The van der Waals surface area contributed by atoms with Crippen molar-refractivity contribution in [3.8, 4) is 0 Å². The second-order valence-corrected chi connectivity index (χ2v) is 6.87. The summed E-state index contributed by atoms with van der Waals surface area (Å²) in [5, 5.41) is 3.82. The monoisotopic (exact) mass is 272 g/mol. The minimum atomic E-state index is 0.0919. The molecular formula is C18H28N2. The zero-order valence-electron chi connectivity index (χ0n) is 12.9. The summed E-state index contributed by atoms with van der Waals surface area (Å²) in [5.74, 6) is 0. The number of rotatable bonds is 2. The quantitative estimate of drug-likeness (QED) is 0.886. The predicted molar refractivity (Wildman–Crippen MR) is 84.8 cm³/mol. The fraction of sp³-hybridized carbons (Fsp3) is 0.667. The lowest BCUT2D eigenvalue weighted by Crippen LogP contribution is -2.50. The average Bonchev–Trinajstić information content (AvgIpc) is 2.94. The molecule has 0 amide bonds. The summed E-state index contributed by atoms with van der Waals surface area (Å²) < 4.78 is 0. The molecule has 0 spiro atoms. The summed E-state index contributed by atoms with van der Waals surface area (Å²) in [6.45, 7) is 7.05. The lowest BCUT2D eigenvalue weighted by atomic mass is 9.91. The molecule has 1 heterocycles. The van der Waals surface area contributed by atoms with Crippen molar-refractivity contribution < 1.29 is 0 Å². The molecule has 0 radical (unpaired) electrons. The molecule has 1 aliphatic carbocycles.